The number of aromatic nitrogens is 1. The molecule has 3 aromatic heterocycles. The molecule has 3 heterocycles. The molecule has 0 atom stereocenters. The van der Waals surface area contributed by atoms with Crippen LogP contribution < -0.4 is 10.6 Å². The fraction of sp³-hybridized carbons (Fsp3) is 0.0500. The Labute approximate surface area is 168 Å². The Morgan fingerprint density at radius 3 is 2.79 bits per heavy atom. The van der Waals surface area contributed by atoms with E-state index in [1.54, 1.807) is 35.7 Å². The summed E-state index contributed by atoms with van der Waals surface area (Å²) in [5, 5.41) is 8.47. The predicted octanol–water partition coefficient (Wildman–Crippen LogP) is 4.65. The topological polar surface area (TPSA) is 84.2 Å². The zero-order valence-electron chi connectivity index (χ0n) is 14.5. The summed E-state index contributed by atoms with van der Waals surface area (Å²) in [6, 6.07) is 14.5. The number of furan rings is 1. The van der Waals surface area contributed by atoms with Crippen molar-refractivity contribution in [2.75, 3.05) is 5.32 Å². The number of thiazole rings is 1. The number of hydrogen-bond donors (Lipinski definition) is 2. The zero-order valence-corrected chi connectivity index (χ0v) is 16.2. The van der Waals surface area contributed by atoms with Crippen molar-refractivity contribution in [1.82, 2.24) is 10.3 Å². The van der Waals surface area contributed by atoms with E-state index in [9.17, 15) is 9.59 Å². The van der Waals surface area contributed by atoms with Crippen LogP contribution in [0.3, 0.4) is 0 Å². The van der Waals surface area contributed by atoms with E-state index in [1.807, 2.05) is 35.7 Å². The molecule has 6 nitrogen and oxygen atoms in total. The van der Waals surface area contributed by atoms with Gasteiger partial charge in [0.05, 0.1) is 17.3 Å². The van der Waals surface area contributed by atoms with Crippen LogP contribution in [0.15, 0.2) is 70.8 Å². The Hall–Kier alpha value is -3.23. The molecule has 0 radical (unpaired) electrons. The summed E-state index contributed by atoms with van der Waals surface area (Å²) in [4.78, 5) is 30.4. The summed E-state index contributed by atoms with van der Waals surface area (Å²) in [7, 11) is 0. The summed E-state index contributed by atoms with van der Waals surface area (Å²) >= 11 is 2.96. The molecule has 140 valence electrons. The highest BCUT2D eigenvalue weighted by atomic mass is 32.1. The highest BCUT2D eigenvalue weighted by molar-refractivity contribution is 7.21. The molecular weight excluding hydrogens is 394 g/mol. The van der Waals surface area contributed by atoms with E-state index in [4.69, 9.17) is 4.42 Å². The van der Waals surface area contributed by atoms with Gasteiger partial charge >= 0.3 is 0 Å². The molecule has 0 spiro atoms. The SMILES string of the molecule is O=C(Nc1cccc(CNC(=O)c2cnc(-c3cccs3)s2)c1)c1ccco1. The van der Waals surface area contributed by atoms with Crippen molar-refractivity contribution in [2.24, 2.45) is 0 Å². The fourth-order valence-corrected chi connectivity index (χ4v) is 4.16. The molecule has 8 heteroatoms. The molecule has 4 rings (SSSR count). The van der Waals surface area contributed by atoms with Crippen molar-refractivity contribution >= 4 is 40.2 Å². The first kappa shape index (κ1) is 18.1. The van der Waals surface area contributed by atoms with Gasteiger partial charge < -0.3 is 15.1 Å². The van der Waals surface area contributed by atoms with Crippen LogP contribution >= 0.6 is 22.7 Å². The van der Waals surface area contributed by atoms with Crippen LogP contribution in [0.4, 0.5) is 5.69 Å². The largest absolute Gasteiger partial charge is 0.459 e. The molecule has 0 aliphatic carbocycles. The Balaban J connectivity index is 1.37. The number of nitrogens with zero attached hydrogens (tertiary/aromatic N) is 1. The molecule has 2 amide bonds. The Kier molecular flexibility index (Phi) is 5.31. The third-order valence-electron chi connectivity index (χ3n) is 3.84. The maximum Gasteiger partial charge on any atom is 0.291 e. The van der Waals surface area contributed by atoms with Crippen LogP contribution in [-0.4, -0.2) is 16.8 Å². The van der Waals surface area contributed by atoms with Gasteiger partial charge in [-0.15, -0.1) is 22.7 Å². The first-order valence-corrected chi connectivity index (χ1v) is 10.1. The van der Waals surface area contributed by atoms with Gasteiger partial charge in [0, 0.05) is 12.2 Å². The summed E-state index contributed by atoms with van der Waals surface area (Å²) in [6.07, 6.45) is 3.04. The molecule has 0 aliphatic heterocycles. The second-order valence-electron chi connectivity index (χ2n) is 5.82. The van der Waals surface area contributed by atoms with E-state index in [2.05, 4.69) is 15.6 Å². The number of anilines is 1. The van der Waals surface area contributed by atoms with Gasteiger partial charge in [0.2, 0.25) is 0 Å². The van der Waals surface area contributed by atoms with Crippen LogP contribution in [0.2, 0.25) is 0 Å². The smallest absolute Gasteiger partial charge is 0.291 e. The number of amides is 2. The molecule has 28 heavy (non-hydrogen) atoms. The number of hydrogen-bond acceptors (Lipinski definition) is 6. The Bertz CT molecular complexity index is 1090. The zero-order chi connectivity index (χ0) is 19.3. The van der Waals surface area contributed by atoms with Gasteiger partial charge in [0.15, 0.2) is 5.76 Å². The minimum Gasteiger partial charge on any atom is -0.459 e. The van der Waals surface area contributed by atoms with E-state index >= 15 is 0 Å². The lowest BCUT2D eigenvalue weighted by atomic mass is 10.2. The predicted molar refractivity (Wildman–Crippen MR) is 110 cm³/mol. The van der Waals surface area contributed by atoms with Crippen molar-refractivity contribution in [2.45, 2.75) is 6.54 Å². The quantitative estimate of drug-likeness (QED) is 0.486. The summed E-state index contributed by atoms with van der Waals surface area (Å²) in [5.41, 5.74) is 1.50. The third-order valence-corrected chi connectivity index (χ3v) is 5.88. The molecule has 2 N–H and O–H groups in total. The van der Waals surface area contributed by atoms with Crippen LogP contribution in [0, 0.1) is 0 Å². The Morgan fingerprint density at radius 1 is 1.07 bits per heavy atom. The number of benzene rings is 1. The van der Waals surface area contributed by atoms with E-state index in [0.29, 0.717) is 17.1 Å². The van der Waals surface area contributed by atoms with Gasteiger partial charge in [0.1, 0.15) is 9.88 Å². The number of carbonyl (C=O) groups excluding carboxylic acids is 2. The lowest BCUT2D eigenvalue weighted by Gasteiger charge is -2.07. The highest BCUT2D eigenvalue weighted by Gasteiger charge is 2.13. The monoisotopic (exact) mass is 409 g/mol. The fourth-order valence-electron chi connectivity index (χ4n) is 2.52. The lowest BCUT2D eigenvalue weighted by molar-refractivity contribution is 0.0953. The summed E-state index contributed by atoms with van der Waals surface area (Å²) in [5.74, 6) is -0.257. The van der Waals surface area contributed by atoms with E-state index in [0.717, 1.165) is 15.4 Å². The molecule has 0 fully saturated rings. The second kappa shape index (κ2) is 8.20. The maximum absolute atomic E-state index is 12.4. The summed E-state index contributed by atoms with van der Waals surface area (Å²) in [6.45, 7) is 0.343. The molecule has 1 aromatic carbocycles. The number of nitrogens with one attached hydrogen (secondary N) is 2. The normalized spacial score (nSPS) is 10.6. The van der Waals surface area contributed by atoms with Crippen molar-refractivity contribution in [1.29, 1.82) is 0 Å². The number of thiophene rings is 1. The van der Waals surface area contributed by atoms with Gasteiger partial charge in [-0.05, 0) is 41.3 Å². The highest BCUT2D eigenvalue weighted by Crippen LogP contribution is 2.28. The van der Waals surface area contributed by atoms with Crippen LogP contribution in [-0.2, 0) is 6.54 Å². The van der Waals surface area contributed by atoms with Gasteiger partial charge in [-0.3, -0.25) is 9.59 Å². The second-order valence-corrected chi connectivity index (χ2v) is 7.80. The molecule has 0 aliphatic rings. The van der Waals surface area contributed by atoms with Crippen LogP contribution in [0.1, 0.15) is 25.8 Å². The van der Waals surface area contributed by atoms with Crippen molar-refractivity contribution in [3.8, 4) is 9.88 Å². The molecule has 0 saturated carbocycles. The third kappa shape index (κ3) is 4.19. The standard InChI is InChI=1S/C20H15N3O3S2/c24-18(15-6-2-8-26-15)23-14-5-1-4-13(10-14)11-21-19(25)17-12-22-20(28-17)16-7-3-9-27-16/h1-10,12H,11H2,(H,21,25)(H,23,24). The van der Waals surface area contributed by atoms with Crippen molar-refractivity contribution in [3.05, 3.63) is 82.6 Å². The minimum atomic E-state index is -0.322. The average molecular weight is 409 g/mol. The Morgan fingerprint density at radius 2 is 2.00 bits per heavy atom. The average Bonchev–Trinajstić information content (AvgIpc) is 3.48. The van der Waals surface area contributed by atoms with Crippen molar-refractivity contribution in [3.63, 3.8) is 0 Å². The first-order valence-electron chi connectivity index (χ1n) is 8.41. The van der Waals surface area contributed by atoms with E-state index < -0.39 is 0 Å². The molecule has 4 aromatic rings. The molecule has 0 unspecified atom stereocenters. The molecule has 0 bridgehead atoms. The lowest BCUT2D eigenvalue weighted by Crippen LogP contribution is -2.22. The van der Waals surface area contributed by atoms with Crippen LogP contribution in [0.25, 0.3) is 9.88 Å². The minimum absolute atomic E-state index is 0.176. The van der Waals surface area contributed by atoms with Gasteiger partial charge in [-0.25, -0.2) is 4.98 Å². The van der Waals surface area contributed by atoms with Crippen molar-refractivity contribution < 1.29 is 14.0 Å². The van der Waals surface area contributed by atoms with E-state index in [-0.39, 0.29) is 17.6 Å². The molecular formula is C20H15N3O3S2. The van der Waals surface area contributed by atoms with Gasteiger partial charge in [0.25, 0.3) is 11.8 Å². The van der Waals surface area contributed by atoms with Gasteiger partial charge in [-0.1, -0.05) is 18.2 Å². The van der Waals surface area contributed by atoms with Gasteiger partial charge in [-0.2, -0.15) is 0 Å². The van der Waals surface area contributed by atoms with E-state index in [1.165, 1.54) is 17.6 Å². The van der Waals surface area contributed by atoms with Crippen LogP contribution in [0.5, 0.6) is 0 Å². The number of rotatable bonds is 6. The maximum atomic E-state index is 12.4. The summed E-state index contributed by atoms with van der Waals surface area (Å²) < 4.78 is 5.08. The molecule has 0 saturated heterocycles. The number of carbonyl (C=O) groups is 2. The first-order chi connectivity index (χ1) is 13.7.